The topological polar surface area (TPSA) is 83.4 Å². The number of hydrogen-bond acceptors (Lipinski definition) is 7. The summed E-state index contributed by atoms with van der Waals surface area (Å²) in [7, 11) is 0. The second-order valence-corrected chi connectivity index (χ2v) is 12.4. The number of thioether (sulfide) groups is 1. The Balaban J connectivity index is 1.58. The lowest BCUT2D eigenvalue weighted by atomic mass is 9.93. The van der Waals surface area contributed by atoms with Crippen LogP contribution in [0.25, 0.3) is 5.76 Å². The monoisotopic (exact) mass is 615 g/mol. The number of amides is 1. The first-order valence-electron chi connectivity index (χ1n) is 11.7. The molecular weight excluding hydrogens is 597 g/mol. The van der Waals surface area contributed by atoms with Gasteiger partial charge in [-0.1, -0.05) is 93.8 Å². The standard InChI is InChI=1S/C28H20Cl3N3O3S2/c1-14-3-4-15(2)19(11-14)24(35)22-23(17-7-10-20(30)21(31)12-17)34(26(37)25(22)36)27-32-33-28(39-27)38-13-16-5-8-18(29)9-6-16/h3-12,23,35H,13H2,1-2H3. The maximum absolute atomic E-state index is 13.5. The van der Waals surface area contributed by atoms with E-state index in [0.29, 0.717) is 31.3 Å². The van der Waals surface area contributed by atoms with Crippen molar-refractivity contribution in [1.29, 1.82) is 0 Å². The molecule has 1 amide bonds. The van der Waals surface area contributed by atoms with E-state index >= 15 is 0 Å². The van der Waals surface area contributed by atoms with Gasteiger partial charge in [-0.2, -0.15) is 0 Å². The third kappa shape index (κ3) is 5.58. The predicted molar refractivity (Wildman–Crippen MR) is 158 cm³/mol. The molecule has 11 heteroatoms. The Morgan fingerprint density at radius 1 is 0.974 bits per heavy atom. The summed E-state index contributed by atoms with van der Waals surface area (Å²) in [5.74, 6) is -1.29. The van der Waals surface area contributed by atoms with Crippen molar-refractivity contribution >= 4 is 80.5 Å². The molecule has 1 aromatic heterocycles. The SMILES string of the molecule is Cc1ccc(C)c(C(O)=C2C(=O)C(=O)N(c3nnc(SCc4ccc(Cl)cc4)s3)C2c2ccc(Cl)c(Cl)c2)c1. The Hall–Kier alpha value is -2.88. The number of aliphatic hydroxyl groups excluding tert-OH is 1. The van der Waals surface area contributed by atoms with Crippen LogP contribution in [0.1, 0.15) is 33.9 Å². The van der Waals surface area contributed by atoms with Crippen molar-refractivity contribution in [1.82, 2.24) is 10.2 Å². The van der Waals surface area contributed by atoms with Crippen molar-refractivity contribution in [3.63, 3.8) is 0 Å². The number of nitrogens with zero attached hydrogens (tertiary/aromatic N) is 3. The molecule has 1 aliphatic heterocycles. The van der Waals surface area contributed by atoms with Crippen molar-refractivity contribution in [3.05, 3.63) is 109 Å². The number of aromatic nitrogens is 2. The highest BCUT2D eigenvalue weighted by Gasteiger charge is 2.48. The number of Topliss-reactive ketones (excluding diaryl/α,β-unsaturated/α-hetero) is 1. The van der Waals surface area contributed by atoms with Crippen molar-refractivity contribution < 1.29 is 14.7 Å². The minimum Gasteiger partial charge on any atom is -0.507 e. The van der Waals surface area contributed by atoms with Gasteiger partial charge in [-0.3, -0.25) is 14.5 Å². The molecule has 0 radical (unpaired) electrons. The number of aryl methyl sites for hydroxylation is 2. The van der Waals surface area contributed by atoms with Crippen LogP contribution in [0.15, 0.2) is 70.6 Å². The van der Waals surface area contributed by atoms with Crippen molar-refractivity contribution in [2.45, 2.75) is 30.0 Å². The Morgan fingerprint density at radius 2 is 1.72 bits per heavy atom. The molecule has 1 aliphatic rings. The van der Waals surface area contributed by atoms with E-state index < -0.39 is 17.7 Å². The van der Waals surface area contributed by atoms with E-state index in [2.05, 4.69) is 10.2 Å². The number of halogens is 3. The number of benzene rings is 3. The molecule has 4 aromatic rings. The van der Waals surface area contributed by atoms with Crippen molar-refractivity contribution in [2.24, 2.45) is 0 Å². The highest BCUT2D eigenvalue weighted by molar-refractivity contribution is 8.00. The van der Waals surface area contributed by atoms with Crippen LogP contribution >= 0.6 is 57.9 Å². The fourth-order valence-corrected chi connectivity index (χ4v) is 6.50. The van der Waals surface area contributed by atoms with Crippen LogP contribution in [0.3, 0.4) is 0 Å². The van der Waals surface area contributed by atoms with Gasteiger partial charge >= 0.3 is 5.91 Å². The normalized spacial score (nSPS) is 16.7. The van der Waals surface area contributed by atoms with E-state index in [0.717, 1.165) is 16.7 Å². The van der Waals surface area contributed by atoms with E-state index in [4.69, 9.17) is 34.8 Å². The Morgan fingerprint density at radius 3 is 2.44 bits per heavy atom. The molecule has 1 fully saturated rings. The molecule has 1 saturated heterocycles. The molecule has 3 aromatic carbocycles. The Kier molecular flexibility index (Phi) is 8.03. The highest BCUT2D eigenvalue weighted by Crippen LogP contribution is 2.45. The zero-order valence-corrected chi connectivity index (χ0v) is 24.5. The lowest BCUT2D eigenvalue weighted by Gasteiger charge is -2.23. The molecule has 5 rings (SSSR count). The average Bonchev–Trinajstić information content (AvgIpc) is 3.48. The van der Waals surface area contributed by atoms with Crippen LogP contribution in [0, 0.1) is 13.8 Å². The molecule has 0 aliphatic carbocycles. The fourth-order valence-electron chi connectivity index (χ4n) is 4.25. The van der Waals surface area contributed by atoms with Gasteiger partial charge in [-0.15, -0.1) is 10.2 Å². The maximum atomic E-state index is 13.5. The van der Waals surface area contributed by atoms with Crippen LogP contribution in [0.5, 0.6) is 0 Å². The largest absolute Gasteiger partial charge is 0.507 e. The zero-order valence-electron chi connectivity index (χ0n) is 20.6. The minimum atomic E-state index is -0.984. The molecule has 2 heterocycles. The maximum Gasteiger partial charge on any atom is 0.301 e. The summed E-state index contributed by atoms with van der Waals surface area (Å²) in [5.41, 5.74) is 3.61. The molecule has 0 saturated carbocycles. The number of rotatable bonds is 6. The van der Waals surface area contributed by atoms with Gasteiger partial charge < -0.3 is 5.11 Å². The number of carbonyl (C=O) groups excluding carboxylic acids is 2. The van der Waals surface area contributed by atoms with Crippen LogP contribution in [0.4, 0.5) is 5.13 Å². The lowest BCUT2D eigenvalue weighted by Crippen LogP contribution is -2.29. The van der Waals surface area contributed by atoms with E-state index in [1.54, 1.807) is 24.3 Å². The van der Waals surface area contributed by atoms with Gasteiger partial charge in [0.15, 0.2) is 4.34 Å². The second kappa shape index (κ2) is 11.3. The van der Waals surface area contributed by atoms with Gasteiger partial charge in [-0.25, -0.2) is 0 Å². The smallest absolute Gasteiger partial charge is 0.301 e. The van der Waals surface area contributed by atoms with E-state index in [-0.39, 0.29) is 21.5 Å². The quantitative estimate of drug-likeness (QED) is 0.0776. The van der Waals surface area contributed by atoms with Gasteiger partial charge in [0.2, 0.25) is 5.13 Å². The lowest BCUT2D eigenvalue weighted by molar-refractivity contribution is -0.132. The van der Waals surface area contributed by atoms with Crippen molar-refractivity contribution in [2.75, 3.05) is 4.90 Å². The third-order valence-corrected chi connectivity index (χ3v) is 9.35. The first-order chi connectivity index (χ1) is 18.6. The summed E-state index contributed by atoms with van der Waals surface area (Å²) < 4.78 is 0.615. The molecule has 1 unspecified atom stereocenters. The Bertz CT molecular complexity index is 1640. The molecule has 0 bridgehead atoms. The summed E-state index contributed by atoms with van der Waals surface area (Å²) in [5, 5.41) is 21.4. The number of carbonyl (C=O) groups is 2. The highest BCUT2D eigenvalue weighted by atomic mass is 35.5. The predicted octanol–water partition coefficient (Wildman–Crippen LogP) is 8.03. The number of ketones is 1. The first kappa shape index (κ1) is 27.7. The molecular formula is C28H20Cl3N3O3S2. The number of anilines is 1. The fraction of sp³-hybridized carbons (Fsp3) is 0.143. The first-order valence-corrected chi connectivity index (χ1v) is 14.6. The minimum absolute atomic E-state index is 0.0577. The number of hydrogen-bond donors (Lipinski definition) is 1. The summed E-state index contributed by atoms with van der Waals surface area (Å²) in [6.45, 7) is 3.71. The zero-order chi connectivity index (χ0) is 27.8. The van der Waals surface area contributed by atoms with E-state index in [1.165, 1.54) is 28.0 Å². The van der Waals surface area contributed by atoms with Crippen LogP contribution in [-0.4, -0.2) is 27.0 Å². The second-order valence-electron chi connectivity index (χ2n) is 8.93. The van der Waals surface area contributed by atoms with Gasteiger partial charge in [0.05, 0.1) is 21.7 Å². The van der Waals surface area contributed by atoms with Gasteiger partial charge in [0.25, 0.3) is 5.78 Å². The molecule has 1 atom stereocenters. The van der Waals surface area contributed by atoms with E-state index in [9.17, 15) is 14.7 Å². The molecule has 0 spiro atoms. The summed E-state index contributed by atoms with van der Waals surface area (Å²) in [6.07, 6.45) is 0. The molecule has 198 valence electrons. The van der Waals surface area contributed by atoms with Crippen LogP contribution in [-0.2, 0) is 15.3 Å². The van der Waals surface area contributed by atoms with Crippen molar-refractivity contribution in [3.8, 4) is 0 Å². The van der Waals surface area contributed by atoms with E-state index in [1.807, 2.05) is 50.2 Å². The van der Waals surface area contributed by atoms with Gasteiger partial charge in [-0.05, 0) is 60.9 Å². The molecule has 6 nitrogen and oxygen atoms in total. The van der Waals surface area contributed by atoms with Gasteiger partial charge in [0.1, 0.15) is 5.76 Å². The average molecular weight is 617 g/mol. The Labute approximate surface area is 248 Å². The summed E-state index contributed by atoms with van der Waals surface area (Å²) in [6, 6.07) is 16.9. The van der Waals surface area contributed by atoms with Crippen LogP contribution in [0.2, 0.25) is 15.1 Å². The molecule has 1 N–H and O–H groups in total. The third-order valence-electron chi connectivity index (χ3n) is 6.23. The summed E-state index contributed by atoms with van der Waals surface area (Å²) in [4.78, 5) is 28.2. The summed E-state index contributed by atoms with van der Waals surface area (Å²) >= 11 is 21.1. The number of aliphatic hydroxyl groups is 1. The van der Waals surface area contributed by atoms with Gasteiger partial charge in [0, 0.05) is 16.3 Å². The molecule has 39 heavy (non-hydrogen) atoms. The van der Waals surface area contributed by atoms with Crippen LogP contribution < -0.4 is 4.90 Å².